The number of anilines is 2. The summed E-state index contributed by atoms with van der Waals surface area (Å²) in [6.45, 7) is 2.24. The Labute approximate surface area is 163 Å². The van der Waals surface area contributed by atoms with Crippen molar-refractivity contribution in [3.05, 3.63) is 54.1 Å². The van der Waals surface area contributed by atoms with Gasteiger partial charge in [0.2, 0.25) is 11.8 Å². The van der Waals surface area contributed by atoms with Crippen molar-refractivity contribution in [1.82, 2.24) is 4.90 Å². The number of hydrogen-bond acceptors (Lipinski definition) is 4. The average Bonchev–Trinajstić information content (AvgIpc) is 3.19. The standard InChI is InChI=1S/C21H23N3O4/c1-2-19(26)22-14-9-11-15(12-10-14)23-20(27)17-7-5-13-24(17)21(28)16-6-3-4-8-18(16)25/h3-4,6,8-12,17,25H,2,5,7,13H2,1H3,(H,22,26)(H,23,27). The van der Waals surface area contributed by atoms with Gasteiger partial charge in [0.15, 0.2) is 0 Å². The largest absolute Gasteiger partial charge is 0.507 e. The Morgan fingerprint density at radius 1 is 1.04 bits per heavy atom. The number of benzene rings is 2. The number of carbonyl (C=O) groups is 3. The molecule has 2 aromatic carbocycles. The van der Waals surface area contributed by atoms with Crippen LogP contribution in [-0.4, -0.2) is 40.3 Å². The van der Waals surface area contributed by atoms with Crippen LogP contribution < -0.4 is 10.6 Å². The second-order valence-corrected chi connectivity index (χ2v) is 6.64. The fraction of sp³-hybridized carbons (Fsp3) is 0.286. The second kappa shape index (κ2) is 8.56. The number of carbonyl (C=O) groups excluding carboxylic acids is 3. The van der Waals surface area contributed by atoms with Gasteiger partial charge in [0.1, 0.15) is 11.8 Å². The van der Waals surface area contributed by atoms with Gasteiger partial charge in [-0.25, -0.2) is 0 Å². The molecule has 1 aliphatic heterocycles. The molecule has 7 heteroatoms. The zero-order valence-electron chi connectivity index (χ0n) is 15.6. The zero-order chi connectivity index (χ0) is 20.1. The third-order valence-corrected chi connectivity index (χ3v) is 4.71. The first-order valence-corrected chi connectivity index (χ1v) is 9.29. The minimum Gasteiger partial charge on any atom is -0.507 e. The fourth-order valence-electron chi connectivity index (χ4n) is 3.20. The van der Waals surface area contributed by atoms with Gasteiger partial charge in [0, 0.05) is 24.3 Å². The SMILES string of the molecule is CCC(=O)Nc1ccc(NC(=O)C2CCCN2C(=O)c2ccccc2O)cc1. The maximum atomic E-state index is 12.8. The Kier molecular flexibility index (Phi) is 5.93. The van der Waals surface area contributed by atoms with Crippen LogP contribution in [0.4, 0.5) is 11.4 Å². The van der Waals surface area contributed by atoms with E-state index in [-0.39, 0.29) is 29.0 Å². The number of phenolic OH excluding ortho intramolecular Hbond substituents is 1. The van der Waals surface area contributed by atoms with Crippen molar-refractivity contribution < 1.29 is 19.5 Å². The quantitative estimate of drug-likeness (QED) is 0.741. The molecular weight excluding hydrogens is 358 g/mol. The van der Waals surface area contributed by atoms with E-state index in [4.69, 9.17) is 0 Å². The van der Waals surface area contributed by atoms with Crippen molar-refractivity contribution in [1.29, 1.82) is 0 Å². The lowest BCUT2D eigenvalue weighted by molar-refractivity contribution is -0.119. The molecule has 3 rings (SSSR count). The minimum absolute atomic E-state index is 0.0824. The lowest BCUT2D eigenvalue weighted by Crippen LogP contribution is -2.43. The highest BCUT2D eigenvalue weighted by molar-refractivity contribution is 6.02. The maximum Gasteiger partial charge on any atom is 0.258 e. The summed E-state index contributed by atoms with van der Waals surface area (Å²) in [6.07, 6.45) is 1.68. The van der Waals surface area contributed by atoms with Crippen molar-refractivity contribution >= 4 is 29.1 Å². The van der Waals surface area contributed by atoms with E-state index in [2.05, 4.69) is 10.6 Å². The Hall–Kier alpha value is -3.35. The predicted octanol–water partition coefficient (Wildman–Crippen LogP) is 2.98. The first kappa shape index (κ1) is 19.4. The van der Waals surface area contributed by atoms with E-state index in [0.717, 1.165) is 6.42 Å². The van der Waals surface area contributed by atoms with Gasteiger partial charge in [-0.3, -0.25) is 14.4 Å². The molecule has 1 heterocycles. The fourth-order valence-corrected chi connectivity index (χ4v) is 3.20. The third kappa shape index (κ3) is 4.31. The van der Waals surface area contributed by atoms with E-state index in [9.17, 15) is 19.5 Å². The molecule has 1 unspecified atom stereocenters. The van der Waals surface area contributed by atoms with Crippen molar-refractivity contribution in [2.75, 3.05) is 17.2 Å². The predicted molar refractivity (Wildman–Crippen MR) is 106 cm³/mol. The van der Waals surface area contributed by atoms with Crippen LogP contribution in [0.1, 0.15) is 36.5 Å². The smallest absolute Gasteiger partial charge is 0.258 e. The van der Waals surface area contributed by atoms with Crippen LogP contribution in [-0.2, 0) is 9.59 Å². The van der Waals surface area contributed by atoms with Gasteiger partial charge in [0.25, 0.3) is 5.91 Å². The molecule has 1 fully saturated rings. The van der Waals surface area contributed by atoms with Crippen LogP contribution in [0.3, 0.4) is 0 Å². The third-order valence-electron chi connectivity index (χ3n) is 4.71. The first-order chi connectivity index (χ1) is 13.5. The number of nitrogens with one attached hydrogen (secondary N) is 2. The van der Waals surface area contributed by atoms with Crippen LogP contribution in [0.5, 0.6) is 5.75 Å². The van der Waals surface area contributed by atoms with E-state index < -0.39 is 6.04 Å². The molecule has 2 aromatic rings. The summed E-state index contributed by atoms with van der Waals surface area (Å²) >= 11 is 0. The molecule has 28 heavy (non-hydrogen) atoms. The van der Waals surface area contributed by atoms with Crippen molar-refractivity contribution in [3.63, 3.8) is 0 Å². The molecule has 0 aromatic heterocycles. The van der Waals surface area contributed by atoms with Crippen LogP contribution in [0, 0.1) is 0 Å². The van der Waals surface area contributed by atoms with Gasteiger partial charge < -0.3 is 20.6 Å². The van der Waals surface area contributed by atoms with Crippen molar-refractivity contribution in [2.24, 2.45) is 0 Å². The second-order valence-electron chi connectivity index (χ2n) is 6.64. The molecule has 0 bridgehead atoms. The number of para-hydroxylation sites is 1. The molecule has 7 nitrogen and oxygen atoms in total. The highest BCUT2D eigenvalue weighted by Crippen LogP contribution is 2.25. The average molecular weight is 381 g/mol. The van der Waals surface area contributed by atoms with Crippen molar-refractivity contribution in [2.45, 2.75) is 32.2 Å². The van der Waals surface area contributed by atoms with E-state index in [1.165, 1.54) is 11.0 Å². The number of nitrogens with zero attached hydrogens (tertiary/aromatic N) is 1. The van der Waals surface area contributed by atoms with Gasteiger partial charge in [0.05, 0.1) is 5.56 Å². The number of phenols is 1. The molecule has 0 radical (unpaired) electrons. The molecule has 0 aliphatic carbocycles. The van der Waals surface area contributed by atoms with Gasteiger partial charge in [-0.05, 0) is 49.2 Å². The molecular formula is C21H23N3O4. The summed E-state index contributed by atoms with van der Waals surface area (Å²) in [5, 5.41) is 15.5. The summed E-state index contributed by atoms with van der Waals surface area (Å²) < 4.78 is 0. The molecule has 1 saturated heterocycles. The van der Waals surface area contributed by atoms with Gasteiger partial charge in [-0.2, -0.15) is 0 Å². The van der Waals surface area contributed by atoms with Gasteiger partial charge in [-0.1, -0.05) is 19.1 Å². The molecule has 146 valence electrons. The molecule has 0 spiro atoms. The zero-order valence-corrected chi connectivity index (χ0v) is 15.6. The number of aromatic hydroxyl groups is 1. The van der Waals surface area contributed by atoms with E-state index in [1.54, 1.807) is 49.4 Å². The molecule has 0 saturated carbocycles. The van der Waals surface area contributed by atoms with Crippen molar-refractivity contribution in [3.8, 4) is 5.75 Å². The first-order valence-electron chi connectivity index (χ1n) is 9.29. The number of amides is 3. The molecule has 1 aliphatic rings. The highest BCUT2D eigenvalue weighted by Gasteiger charge is 2.35. The number of likely N-dealkylation sites (tertiary alicyclic amines) is 1. The Bertz CT molecular complexity index is 879. The summed E-state index contributed by atoms with van der Waals surface area (Å²) in [4.78, 5) is 38.4. The maximum absolute atomic E-state index is 12.8. The normalized spacial score (nSPS) is 15.9. The summed E-state index contributed by atoms with van der Waals surface area (Å²) in [7, 11) is 0. The van der Waals surface area contributed by atoms with Crippen LogP contribution in [0.2, 0.25) is 0 Å². The molecule has 3 N–H and O–H groups in total. The lowest BCUT2D eigenvalue weighted by atomic mass is 10.1. The molecule has 3 amide bonds. The summed E-state index contributed by atoms with van der Waals surface area (Å²) in [5.41, 5.74) is 1.43. The van der Waals surface area contributed by atoms with E-state index in [0.29, 0.717) is 30.8 Å². The lowest BCUT2D eigenvalue weighted by Gasteiger charge is -2.24. The Morgan fingerprint density at radius 3 is 2.32 bits per heavy atom. The van der Waals surface area contributed by atoms with E-state index in [1.807, 2.05) is 0 Å². The van der Waals surface area contributed by atoms with Crippen LogP contribution >= 0.6 is 0 Å². The number of rotatable bonds is 5. The Balaban J connectivity index is 1.67. The molecule has 1 atom stereocenters. The van der Waals surface area contributed by atoms with E-state index >= 15 is 0 Å². The van der Waals surface area contributed by atoms with Gasteiger partial charge >= 0.3 is 0 Å². The summed E-state index contributed by atoms with van der Waals surface area (Å²) in [5.74, 6) is -0.802. The summed E-state index contributed by atoms with van der Waals surface area (Å²) in [6, 6.07) is 12.6. The number of hydrogen-bond donors (Lipinski definition) is 3. The van der Waals surface area contributed by atoms with Crippen LogP contribution in [0.25, 0.3) is 0 Å². The Morgan fingerprint density at radius 2 is 1.68 bits per heavy atom. The monoisotopic (exact) mass is 381 g/mol. The van der Waals surface area contributed by atoms with Crippen LogP contribution in [0.15, 0.2) is 48.5 Å². The minimum atomic E-state index is -0.591. The topological polar surface area (TPSA) is 98.7 Å². The van der Waals surface area contributed by atoms with Gasteiger partial charge in [-0.15, -0.1) is 0 Å². The highest BCUT2D eigenvalue weighted by atomic mass is 16.3.